The minimum absolute atomic E-state index is 0. The number of hydrogen-bond donors (Lipinski definition) is 1. The monoisotopic (exact) mass is 370 g/mol. The van der Waals surface area contributed by atoms with Crippen molar-refractivity contribution in [3.05, 3.63) is 53.9 Å². The topological polar surface area (TPSA) is 45.7 Å². The maximum absolute atomic E-state index is 8.57. The van der Waals surface area contributed by atoms with Gasteiger partial charge in [-0.1, -0.05) is 22.9 Å². The van der Waals surface area contributed by atoms with Gasteiger partial charge < -0.3 is 33.9 Å². The van der Waals surface area contributed by atoms with E-state index < -0.39 is 0 Å². The number of hydrogen-bond acceptors (Lipinski definition) is 3. The molecule has 5 heteroatoms. The van der Waals surface area contributed by atoms with Crippen LogP contribution in [0.25, 0.3) is 0 Å². The fourth-order valence-electron chi connectivity index (χ4n) is 1.56. The van der Waals surface area contributed by atoms with Crippen LogP contribution in [0.5, 0.6) is 11.5 Å². The lowest BCUT2D eigenvalue weighted by atomic mass is 10.2. The molecule has 2 rings (SSSR count). The number of aromatic nitrogens is 1. The summed E-state index contributed by atoms with van der Waals surface area (Å²) in [5.74, 6) is 1.48. The lowest BCUT2D eigenvalue weighted by molar-refractivity contribution is -0.672. The van der Waals surface area contributed by atoms with E-state index in [1.807, 2.05) is 55.1 Å². The van der Waals surface area contributed by atoms with Crippen molar-refractivity contribution in [2.24, 2.45) is 12.2 Å². The molecule has 0 atom stereocenters. The summed E-state index contributed by atoms with van der Waals surface area (Å²) in [5, 5.41) is 11.6. The van der Waals surface area contributed by atoms with E-state index in [0.29, 0.717) is 5.75 Å². The van der Waals surface area contributed by atoms with Gasteiger partial charge in [-0.05, 0) is 19.1 Å². The first-order valence-corrected chi connectivity index (χ1v) is 5.60. The van der Waals surface area contributed by atoms with E-state index >= 15 is 0 Å². The summed E-state index contributed by atoms with van der Waals surface area (Å²) < 4.78 is 7.55. The molecule has 19 heavy (non-hydrogen) atoms. The van der Waals surface area contributed by atoms with Crippen molar-refractivity contribution >= 4 is 6.21 Å². The molecular weight excluding hydrogens is 355 g/mol. The van der Waals surface area contributed by atoms with Crippen LogP contribution in [0.1, 0.15) is 11.3 Å². The Morgan fingerprint density at radius 3 is 2.47 bits per heavy atom. The number of benzene rings is 1. The van der Waals surface area contributed by atoms with E-state index in [0.717, 1.165) is 11.4 Å². The molecule has 0 fully saturated rings. The molecule has 0 aliphatic heterocycles. The summed E-state index contributed by atoms with van der Waals surface area (Å²) in [5.41, 5.74) is 1.94. The van der Waals surface area contributed by atoms with E-state index in [9.17, 15) is 0 Å². The SMILES string of the molecule is Cc1ccc(Oc2cc[n+](C)c(/C=N/O)c2)cc1.[I-]. The van der Waals surface area contributed by atoms with Gasteiger partial charge in [0, 0.05) is 6.07 Å². The third-order valence-electron chi connectivity index (χ3n) is 2.61. The highest BCUT2D eigenvalue weighted by atomic mass is 127. The summed E-state index contributed by atoms with van der Waals surface area (Å²) in [4.78, 5) is 0. The standard InChI is InChI=1S/C14H14N2O2.HI/c1-11-3-5-13(6-4-11)18-14-7-8-16(2)12(9-14)10-15-17;/h3-10H,1-2H3;1H. The Bertz CT molecular complexity index is 568. The van der Waals surface area contributed by atoms with Crippen molar-refractivity contribution in [1.82, 2.24) is 0 Å². The molecule has 2 aromatic rings. The molecule has 0 spiro atoms. The Hall–Kier alpha value is -1.63. The smallest absolute Gasteiger partial charge is 0.230 e. The van der Waals surface area contributed by atoms with Crippen LogP contribution in [-0.4, -0.2) is 11.4 Å². The second kappa shape index (κ2) is 7.08. The quantitative estimate of drug-likeness (QED) is 0.259. The number of aryl methyl sites for hydroxylation is 2. The minimum atomic E-state index is 0. The Morgan fingerprint density at radius 1 is 1.16 bits per heavy atom. The van der Waals surface area contributed by atoms with Gasteiger partial charge in [-0.15, -0.1) is 0 Å². The molecule has 1 N–H and O–H groups in total. The van der Waals surface area contributed by atoms with Crippen LogP contribution in [0.15, 0.2) is 47.8 Å². The first-order chi connectivity index (χ1) is 8.69. The van der Waals surface area contributed by atoms with Crippen LogP contribution in [0.4, 0.5) is 0 Å². The number of halogens is 1. The van der Waals surface area contributed by atoms with Crippen molar-refractivity contribution in [2.75, 3.05) is 0 Å². The Morgan fingerprint density at radius 2 is 1.84 bits per heavy atom. The number of ether oxygens (including phenoxy) is 1. The Labute approximate surface area is 129 Å². The highest BCUT2D eigenvalue weighted by Gasteiger charge is 2.07. The van der Waals surface area contributed by atoms with Gasteiger partial charge >= 0.3 is 0 Å². The van der Waals surface area contributed by atoms with Gasteiger partial charge in [0.1, 0.15) is 24.8 Å². The average molecular weight is 370 g/mol. The first kappa shape index (κ1) is 15.4. The fourth-order valence-corrected chi connectivity index (χ4v) is 1.56. The molecule has 0 unspecified atom stereocenters. The molecule has 0 saturated heterocycles. The normalized spacial score (nSPS) is 10.2. The Balaban J connectivity index is 0.00000180. The van der Waals surface area contributed by atoms with Crippen LogP contribution in [0, 0.1) is 6.92 Å². The lowest BCUT2D eigenvalue weighted by Crippen LogP contribution is -3.00. The predicted octanol–water partition coefficient (Wildman–Crippen LogP) is -0.576. The second-order valence-corrected chi connectivity index (χ2v) is 4.06. The van der Waals surface area contributed by atoms with Gasteiger partial charge in [0.05, 0.1) is 6.07 Å². The maximum Gasteiger partial charge on any atom is 0.230 e. The Kier molecular flexibility index (Phi) is 5.75. The molecule has 0 amide bonds. The van der Waals surface area contributed by atoms with E-state index in [2.05, 4.69) is 5.16 Å². The van der Waals surface area contributed by atoms with Gasteiger partial charge in [-0.25, -0.2) is 0 Å². The molecular formula is C14H15IN2O2. The largest absolute Gasteiger partial charge is 1.00 e. The van der Waals surface area contributed by atoms with Crippen molar-refractivity contribution in [3.8, 4) is 11.5 Å². The van der Waals surface area contributed by atoms with Gasteiger partial charge in [-0.2, -0.15) is 4.57 Å². The van der Waals surface area contributed by atoms with Crippen LogP contribution in [0.3, 0.4) is 0 Å². The summed E-state index contributed by atoms with van der Waals surface area (Å²) in [6.45, 7) is 2.03. The molecule has 4 nitrogen and oxygen atoms in total. The third-order valence-corrected chi connectivity index (χ3v) is 2.61. The third kappa shape index (κ3) is 4.20. The van der Waals surface area contributed by atoms with Crippen molar-refractivity contribution in [2.45, 2.75) is 6.92 Å². The van der Waals surface area contributed by atoms with Crippen molar-refractivity contribution in [1.29, 1.82) is 0 Å². The molecule has 0 aliphatic rings. The summed E-state index contributed by atoms with van der Waals surface area (Å²) >= 11 is 0. The average Bonchev–Trinajstić information content (AvgIpc) is 2.37. The van der Waals surface area contributed by atoms with Gasteiger partial charge in [0.25, 0.3) is 0 Å². The molecule has 0 saturated carbocycles. The zero-order valence-corrected chi connectivity index (χ0v) is 12.9. The van der Waals surface area contributed by atoms with E-state index in [1.165, 1.54) is 11.8 Å². The molecule has 0 aliphatic carbocycles. The van der Waals surface area contributed by atoms with Gasteiger partial charge in [0.15, 0.2) is 6.20 Å². The fraction of sp³-hybridized carbons (Fsp3) is 0.143. The summed E-state index contributed by atoms with van der Waals surface area (Å²) in [6, 6.07) is 11.5. The van der Waals surface area contributed by atoms with Crippen LogP contribution in [-0.2, 0) is 7.05 Å². The number of nitrogens with zero attached hydrogens (tertiary/aromatic N) is 2. The van der Waals surface area contributed by atoms with E-state index in [4.69, 9.17) is 9.94 Å². The van der Waals surface area contributed by atoms with E-state index in [1.54, 1.807) is 6.07 Å². The van der Waals surface area contributed by atoms with Crippen LogP contribution < -0.4 is 33.3 Å². The zero-order chi connectivity index (χ0) is 13.0. The van der Waals surface area contributed by atoms with Gasteiger partial charge in [-0.3, -0.25) is 0 Å². The molecule has 1 heterocycles. The van der Waals surface area contributed by atoms with Crippen molar-refractivity contribution < 1.29 is 38.5 Å². The summed E-state index contributed by atoms with van der Waals surface area (Å²) in [7, 11) is 1.87. The van der Waals surface area contributed by atoms with Crippen molar-refractivity contribution in [3.63, 3.8) is 0 Å². The lowest BCUT2D eigenvalue weighted by Gasteiger charge is -2.05. The summed E-state index contributed by atoms with van der Waals surface area (Å²) in [6.07, 6.45) is 3.21. The second-order valence-electron chi connectivity index (χ2n) is 4.06. The first-order valence-electron chi connectivity index (χ1n) is 5.60. The highest BCUT2D eigenvalue weighted by Crippen LogP contribution is 2.20. The van der Waals surface area contributed by atoms with E-state index in [-0.39, 0.29) is 24.0 Å². The number of rotatable bonds is 3. The minimum Gasteiger partial charge on any atom is -1.00 e. The molecule has 1 aromatic heterocycles. The maximum atomic E-state index is 8.57. The highest BCUT2D eigenvalue weighted by molar-refractivity contribution is 5.74. The van der Waals surface area contributed by atoms with Crippen LogP contribution in [0.2, 0.25) is 0 Å². The van der Waals surface area contributed by atoms with Crippen LogP contribution >= 0.6 is 0 Å². The van der Waals surface area contributed by atoms with Gasteiger partial charge in [0.2, 0.25) is 5.69 Å². The molecule has 100 valence electrons. The molecule has 0 bridgehead atoms. The number of pyridine rings is 1. The number of oxime groups is 1. The molecule has 1 aromatic carbocycles. The zero-order valence-electron chi connectivity index (χ0n) is 10.7. The predicted molar refractivity (Wildman–Crippen MR) is 68.3 cm³/mol. The molecule has 0 radical (unpaired) electrons.